The molecule has 2 aromatic rings. The summed E-state index contributed by atoms with van der Waals surface area (Å²) < 4.78 is 104. The lowest BCUT2D eigenvalue weighted by Gasteiger charge is -2.36. The highest BCUT2D eigenvalue weighted by Gasteiger charge is 2.51. The van der Waals surface area contributed by atoms with E-state index in [9.17, 15) is 40.0 Å². The van der Waals surface area contributed by atoms with Crippen LogP contribution in [0.4, 0.5) is 38.1 Å². The molecule has 1 fully saturated rings. The van der Waals surface area contributed by atoms with Gasteiger partial charge in [0, 0.05) is 11.6 Å². The Kier molecular flexibility index (Phi) is 7.89. The summed E-state index contributed by atoms with van der Waals surface area (Å²) in [6.45, 7) is 0.909. The van der Waals surface area contributed by atoms with Crippen molar-refractivity contribution in [3.8, 4) is 5.75 Å². The van der Waals surface area contributed by atoms with E-state index in [0.717, 1.165) is 28.6 Å². The van der Waals surface area contributed by atoms with Crippen LogP contribution in [-0.4, -0.2) is 57.6 Å². The lowest BCUT2D eigenvalue weighted by molar-refractivity contribution is -0.242. The topological polar surface area (TPSA) is 114 Å². The Hall–Kier alpha value is -3.62. The highest BCUT2D eigenvalue weighted by Crippen LogP contribution is 2.39. The van der Waals surface area contributed by atoms with Crippen molar-refractivity contribution in [2.45, 2.75) is 55.6 Å². The van der Waals surface area contributed by atoms with Gasteiger partial charge in [-0.1, -0.05) is 0 Å². The second-order valence-electron chi connectivity index (χ2n) is 9.95. The van der Waals surface area contributed by atoms with Gasteiger partial charge in [0.2, 0.25) is 11.5 Å². The summed E-state index contributed by atoms with van der Waals surface area (Å²) in [5.41, 5.74) is -2.96. The smallest absolute Gasteiger partial charge is 0.427 e. The van der Waals surface area contributed by atoms with Gasteiger partial charge in [0.25, 0.3) is 10.0 Å². The molecule has 15 heteroatoms. The van der Waals surface area contributed by atoms with E-state index in [1.54, 1.807) is 0 Å². The Morgan fingerprint density at radius 3 is 2.35 bits per heavy atom. The van der Waals surface area contributed by atoms with Gasteiger partial charge >= 0.3 is 12.3 Å². The first-order valence-corrected chi connectivity index (χ1v) is 13.6. The molecule has 9 nitrogen and oxygen atoms in total. The number of rotatable bonds is 7. The minimum Gasteiger partial charge on any atom is -0.484 e. The fourth-order valence-electron chi connectivity index (χ4n) is 4.01. The minimum absolute atomic E-state index is 0.0261. The largest absolute Gasteiger partial charge is 0.484 e. The lowest BCUT2D eigenvalue weighted by Crippen LogP contribution is -2.50. The maximum absolute atomic E-state index is 13.6. The Balaban J connectivity index is 1.59. The molecule has 0 radical (unpaired) electrons. The van der Waals surface area contributed by atoms with E-state index in [0.29, 0.717) is 13.8 Å². The van der Waals surface area contributed by atoms with Crippen LogP contribution in [0.1, 0.15) is 26.7 Å². The van der Waals surface area contributed by atoms with Gasteiger partial charge in [-0.2, -0.15) is 13.2 Å². The van der Waals surface area contributed by atoms with Crippen molar-refractivity contribution < 1.29 is 49.4 Å². The molecule has 4 rings (SSSR count). The molecule has 1 saturated carbocycles. The fraction of sp³-hybridized carbons (Fsp3) is 0.440. The number of carbonyl (C=O) groups excluding carboxylic acids is 2. The molecule has 0 aromatic heterocycles. The number of carbonyl (C=O) groups is 2. The number of hydrogen-bond donors (Lipinski definition) is 2. The molecule has 1 aliphatic carbocycles. The molecule has 1 unspecified atom stereocenters. The number of alkyl halides is 4. The van der Waals surface area contributed by atoms with Crippen LogP contribution in [0.25, 0.3) is 0 Å². The third-order valence-electron chi connectivity index (χ3n) is 6.52. The predicted octanol–water partition coefficient (Wildman–Crippen LogP) is 4.54. The Morgan fingerprint density at radius 1 is 1.10 bits per heavy atom. The molecule has 1 aliphatic heterocycles. The van der Waals surface area contributed by atoms with Gasteiger partial charge in [-0.3, -0.25) is 14.4 Å². The first-order chi connectivity index (χ1) is 18.6. The molecule has 40 heavy (non-hydrogen) atoms. The Labute approximate surface area is 226 Å². The van der Waals surface area contributed by atoms with Crippen molar-refractivity contribution in [3.63, 3.8) is 0 Å². The van der Waals surface area contributed by atoms with Gasteiger partial charge < -0.3 is 14.8 Å². The molecular formula is C25H26F5N3O6S. The zero-order valence-corrected chi connectivity index (χ0v) is 22.1. The van der Waals surface area contributed by atoms with E-state index in [2.05, 4.69) is 15.4 Å². The van der Waals surface area contributed by atoms with Crippen LogP contribution in [0.5, 0.6) is 5.75 Å². The van der Waals surface area contributed by atoms with Gasteiger partial charge in [-0.05, 0) is 69.2 Å². The number of hydrogen-bond acceptors (Lipinski definition) is 6. The van der Waals surface area contributed by atoms with Crippen molar-refractivity contribution in [2.75, 3.05) is 22.7 Å². The fourth-order valence-corrected chi connectivity index (χ4v) is 5.51. The molecule has 2 aromatic carbocycles. The van der Waals surface area contributed by atoms with Crippen molar-refractivity contribution in [1.29, 1.82) is 0 Å². The quantitative estimate of drug-likeness (QED) is 0.458. The van der Waals surface area contributed by atoms with Crippen LogP contribution >= 0.6 is 0 Å². The number of fused-ring (bicyclic) bond motifs is 1. The summed E-state index contributed by atoms with van der Waals surface area (Å²) in [7, 11) is -4.34. The number of halogens is 5. The number of amides is 2. The molecule has 2 aliphatic rings. The van der Waals surface area contributed by atoms with Crippen LogP contribution in [0, 0.1) is 11.7 Å². The maximum Gasteiger partial charge on any atom is 0.427 e. The van der Waals surface area contributed by atoms with Crippen molar-refractivity contribution in [2.24, 2.45) is 5.92 Å². The van der Waals surface area contributed by atoms with Crippen LogP contribution in [0.3, 0.4) is 0 Å². The highest BCUT2D eigenvalue weighted by molar-refractivity contribution is 7.92. The minimum atomic E-state index is -4.84. The maximum atomic E-state index is 13.6. The van der Waals surface area contributed by atoms with E-state index >= 15 is 0 Å². The van der Waals surface area contributed by atoms with Crippen molar-refractivity contribution in [1.82, 2.24) is 5.32 Å². The second-order valence-corrected chi connectivity index (χ2v) is 11.8. The molecule has 1 atom stereocenters. The monoisotopic (exact) mass is 591 g/mol. The lowest BCUT2D eigenvalue weighted by atomic mass is 9.83. The standard InChI is InChI=1S/C25H26F5N3O6S/c1-24(2,25(28,29)30)39-23(35)32-17-5-8-21-20(11-17)33(40(36,37)19-6-3-15(26)4-7-19)13-18(38-21)12-31-22(34)14-9-16(27)10-14/h3-8,11,14,16,18H,9-10,12-13H2,1-2H3,(H,31,34)(H,32,35). The molecule has 0 saturated heterocycles. The number of benzene rings is 2. The summed E-state index contributed by atoms with van der Waals surface area (Å²) in [4.78, 5) is 24.2. The van der Waals surface area contributed by atoms with Crippen molar-refractivity contribution in [3.05, 3.63) is 48.3 Å². The molecule has 2 N–H and O–H groups in total. The Morgan fingerprint density at radius 2 is 1.75 bits per heavy atom. The molecule has 0 bridgehead atoms. The van der Waals surface area contributed by atoms with E-state index in [1.165, 1.54) is 18.2 Å². The summed E-state index contributed by atoms with van der Waals surface area (Å²) in [6, 6.07) is 7.75. The SMILES string of the molecule is CC(C)(OC(=O)Nc1ccc2c(c1)N(S(=O)(=O)c1ccc(F)cc1)CC(CNC(=O)C1CC(F)C1)O2)C(F)(F)F. The summed E-state index contributed by atoms with van der Waals surface area (Å²) in [5.74, 6) is -1.52. The second kappa shape index (κ2) is 10.7. The van der Waals surface area contributed by atoms with Crippen molar-refractivity contribution >= 4 is 33.4 Å². The van der Waals surface area contributed by atoms with E-state index in [4.69, 9.17) is 4.74 Å². The number of nitrogens with one attached hydrogen (secondary N) is 2. The summed E-state index contributed by atoms with van der Waals surface area (Å²) >= 11 is 0. The van der Waals surface area contributed by atoms with Gasteiger partial charge in [0.15, 0.2) is 0 Å². The zero-order chi connectivity index (χ0) is 29.5. The van der Waals surface area contributed by atoms with Gasteiger partial charge in [-0.15, -0.1) is 0 Å². The van der Waals surface area contributed by atoms with E-state index in [-0.39, 0.29) is 48.0 Å². The van der Waals surface area contributed by atoms with Gasteiger partial charge in [-0.25, -0.2) is 22.0 Å². The number of sulfonamides is 1. The summed E-state index contributed by atoms with van der Waals surface area (Å²) in [6.07, 6.45) is -7.99. The average molecular weight is 592 g/mol. The normalized spacial score (nSPS) is 21.0. The van der Waals surface area contributed by atoms with E-state index < -0.39 is 57.8 Å². The third-order valence-corrected chi connectivity index (χ3v) is 8.32. The molecule has 2 amide bonds. The first-order valence-electron chi connectivity index (χ1n) is 12.1. The predicted molar refractivity (Wildman–Crippen MR) is 133 cm³/mol. The Bertz CT molecular complexity index is 1380. The average Bonchev–Trinajstić information content (AvgIpc) is 2.84. The van der Waals surface area contributed by atoms with Crippen LogP contribution < -0.4 is 19.7 Å². The molecule has 0 spiro atoms. The zero-order valence-electron chi connectivity index (χ0n) is 21.3. The molecular weight excluding hydrogens is 565 g/mol. The van der Waals surface area contributed by atoms with E-state index in [1.807, 2.05) is 0 Å². The molecule has 218 valence electrons. The summed E-state index contributed by atoms with van der Waals surface area (Å²) in [5, 5.41) is 4.77. The number of nitrogens with zero attached hydrogens (tertiary/aromatic N) is 1. The van der Waals surface area contributed by atoms with Crippen LogP contribution in [-0.2, 0) is 19.6 Å². The highest BCUT2D eigenvalue weighted by atomic mass is 32.2. The first kappa shape index (κ1) is 29.4. The van der Waals surface area contributed by atoms with Gasteiger partial charge in [0.05, 0.1) is 23.7 Å². The third kappa shape index (κ3) is 6.24. The number of ether oxygens (including phenoxy) is 2. The number of anilines is 2. The molecule has 1 heterocycles. The van der Waals surface area contributed by atoms with Crippen LogP contribution in [0.2, 0.25) is 0 Å². The van der Waals surface area contributed by atoms with Gasteiger partial charge in [0.1, 0.15) is 23.8 Å². The van der Waals surface area contributed by atoms with Crippen LogP contribution in [0.15, 0.2) is 47.4 Å².